The number of hydrazine groups is 1. The number of alkyl halides is 3. The molecule has 21 heavy (non-hydrogen) atoms. The Kier molecular flexibility index (Phi) is 4.24. The number of nitrogens with one attached hydrogen (secondary N) is 1. The van der Waals surface area contributed by atoms with Gasteiger partial charge in [0.1, 0.15) is 11.6 Å². The molecular formula is C14H11F5N2. The highest BCUT2D eigenvalue weighted by atomic mass is 19.4. The molecule has 0 aliphatic carbocycles. The van der Waals surface area contributed by atoms with Crippen LogP contribution in [0.25, 0.3) is 0 Å². The molecular weight excluding hydrogens is 291 g/mol. The highest BCUT2D eigenvalue weighted by Gasteiger charge is 2.35. The molecule has 2 aromatic rings. The van der Waals surface area contributed by atoms with Gasteiger partial charge in [-0.3, -0.25) is 5.84 Å². The van der Waals surface area contributed by atoms with Crippen molar-refractivity contribution in [3.63, 3.8) is 0 Å². The maximum absolute atomic E-state index is 13.8. The summed E-state index contributed by atoms with van der Waals surface area (Å²) in [5, 5.41) is 0. The van der Waals surface area contributed by atoms with Crippen LogP contribution in [0.5, 0.6) is 0 Å². The van der Waals surface area contributed by atoms with Gasteiger partial charge in [0.2, 0.25) is 0 Å². The number of hydrogen-bond acceptors (Lipinski definition) is 2. The summed E-state index contributed by atoms with van der Waals surface area (Å²) >= 11 is 0. The van der Waals surface area contributed by atoms with Crippen LogP contribution in [0.3, 0.4) is 0 Å². The van der Waals surface area contributed by atoms with E-state index in [-0.39, 0.29) is 11.1 Å². The predicted octanol–water partition coefficient (Wildman–Crippen LogP) is 3.54. The van der Waals surface area contributed by atoms with Crippen LogP contribution in [0.2, 0.25) is 0 Å². The monoisotopic (exact) mass is 302 g/mol. The second-order valence-electron chi connectivity index (χ2n) is 4.35. The minimum Gasteiger partial charge on any atom is -0.271 e. The van der Waals surface area contributed by atoms with Gasteiger partial charge in [-0.1, -0.05) is 18.2 Å². The lowest BCUT2D eigenvalue weighted by Crippen LogP contribution is -2.31. The van der Waals surface area contributed by atoms with Gasteiger partial charge in [0.05, 0.1) is 11.6 Å². The van der Waals surface area contributed by atoms with E-state index in [2.05, 4.69) is 5.43 Å². The Morgan fingerprint density at radius 3 is 2.24 bits per heavy atom. The molecule has 0 amide bonds. The van der Waals surface area contributed by atoms with Crippen molar-refractivity contribution in [3.8, 4) is 0 Å². The molecule has 112 valence electrons. The molecule has 1 atom stereocenters. The van der Waals surface area contributed by atoms with Gasteiger partial charge in [0.15, 0.2) is 0 Å². The maximum Gasteiger partial charge on any atom is 0.416 e. The topological polar surface area (TPSA) is 38.0 Å². The van der Waals surface area contributed by atoms with Crippen molar-refractivity contribution < 1.29 is 22.0 Å². The molecule has 3 N–H and O–H groups in total. The Labute approximate surface area is 117 Å². The van der Waals surface area contributed by atoms with E-state index in [0.717, 1.165) is 30.3 Å². The van der Waals surface area contributed by atoms with Gasteiger partial charge in [-0.05, 0) is 29.8 Å². The first-order valence-corrected chi connectivity index (χ1v) is 5.91. The van der Waals surface area contributed by atoms with Crippen molar-refractivity contribution in [1.29, 1.82) is 0 Å². The van der Waals surface area contributed by atoms with Crippen LogP contribution in [0.15, 0.2) is 42.5 Å². The summed E-state index contributed by atoms with van der Waals surface area (Å²) in [7, 11) is 0. The van der Waals surface area contributed by atoms with E-state index < -0.39 is 29.4 Å². The van der Waals surface area contributed by atoms with Crippen LogP contribution in [-0.4, -0.2) is 0 Å². The van der Waals surface area contributed by atoms with E-state index in [0.29, 0.717) is 0 Å². The zero-order chi connectivity index (χ0) is 15.6. The van der Waals surface area contributed by atoms with Gasteiger partial charge < -0.3 is 0 Å². The predicted molar refractivity (Wildman–Crippen MR) is 67.0 cm³/mol. The van der Waals surface area contributed by atoms with Crippen LogP contribution in [0.1, 0.15) is 22.7 Å². The number of hydrogen-bond donors (Lipinski definition) is 2. The van der Waals surface area contributed by atoms with Crippen LogP contribution in [-0.2, 0) is 6.18 Å². The summed E-state index contributed by atoms with van der Waals surface area (Å²) in [6.07, 6.45) is -4.63. The molecule has 1 unspecified atom stereocenters. The van der Waals surface area contributed by atoms with Gasteiger partial charge in [0.25, 0.3) is 0 Å². The average molecular weight is 302 g/mol. The van der Waals surface area contributed by atoms with Crippen LogP contribution in [0, 0.1) is 11.6 Å². The first-order valence-electron chi connectivity index (χ1n) is 5.91. The number of rotatable bonds is 3. The van der Waals surface area contributed by atoms with Crippen LogP contribution >= 0.6 is 0 Å². The normalized spacial score (nSPS) is 13.2. The zero-order valence-electron chi connectivity index (χ0n) is 10.6. The third kappa shape index (κ3) is 3.20. The lowest BCUT2D eigenvalue weighted by Gasteiger charge is -2.22. The largest absolute Gasteiger partial charge is 0.416 e. The number of nitrogens with two attached hydrogens (primary N) is 1. The molecule has 0 bridgehead atoms. The maximum atomic E-state index is 13.8. The molecule has 0 saturated heterocycles. The Morgan fingerprint density at radius 2 is 1.62 bits per heavy atom. The summed E-state index contributed by atoms with van der Waals surface area (Å²) in [4.78, 5) is 0. The molecule has 0 aliphatic rings. The van der Waals surface area contributed by atoms with Crippen molar-refractivity contribution in [3.05, 3.63) is 70.8 Å². The molecule has 7 heteroatoms. The van der Waals surface area contributed by atoms with Crippen molar-refractivity contribution in [1.82, 2.24) is 5.43 Å². The first-order chi connectivity index (χ1) is 9.84. The molecule has 2 nitrogen and oxygen atoms in total. The highest BCUT2D eigenvalue weighted by Crippen LogP contribution is 2.36. The fraction of sp³-hybridized carbons (Fsp3) is 0.143. The van der Waals surface area contributed by atoms with Crippen molar-refractivity contribution >= 4 is 0 Å². The molecule has 0 radical (unpaired) electrons. The van der Waals surface area contributed by atoms with E-state index in [1.807, 2.05) is 0 Å². The standard InChI is InChI=1S/C14H11F5N2/c15-8-5-6-12(16)10(7-8)13(21-20)9-3-1-2-4-11(9)14(17,18)19/h1-7,13,21H,20H2. The summed E-state index contributed by atoms with van der Waals surface area (Å²) in [5.41, 5.74) is 0.569. The van der Waals surface area contributed by atoms with E-state index in [1.54, 1.807) is 0 Å². The number of halogens is 5. The summed E-state index contributed by atoms with van der Waals surface area (Å²) in [5.74, 6) is 3.64. The lowest BCUT2D eigenvalue weighted by molar-refractivity contribution is -0.138. The van der Waals surface area contributed by atoms with Crippen molar-refractivity contribution in [2.45, 2.75) is 12.2 Å². The molecule has 0 aliphatic heterocycles. The Balaban J connectivity index is 2.60. The van der Waals surface area contributed by atoms with E-state index in [1.165, 1.54) is 12.1 Å². The third-order valence-electron chi connectivity index (χ3n) is 3.01. The highest BCUT2D eigenvalue weighted by molar-refractivity contribution is 5.39. The Hall–Kier alpha value is -1.99. The molecule has 0 saturated carbocycles. The van der Waals surface area contributed by atoms with Gasteiger partial charge in [-0.25, -0.2) is 14.2 Å². The second kappa shape index (κ2) is 5.79. The fourth-order valence-corrected chi connectivity index (χ4v) is 2.09. The summed E-state index contributed by atoms with van der Waals surface area (Å²) in [6, 6.07) is 5.81. The zero-order valence-corrected chi connectivity index (χ0v) is 10.6. The summed E-state index contributed by atoms with van der Waals surface area (Å²) < 4.78 is 66.0. The lowest BCUT2D eigenvalue weighted by atomic mass is 9.94. The van der Waals surface area contributed by atoms with Crippen LogP contribution < -0.4 is 11.3 Å². The first kappa shape index (κ1) is 15.4. The molecule has 2 rings (SSSR count). The van der Waals surface area contributed by atoms with Crippen molar-refractivity contribution in [2.75, 3.05) is 0 Å². The minimum atomic E-state index is -4.63. The minimum absolute atomic E-state index is 0.281. The Morgan fingerprint density at radius 1 is 0.952 bits per heavy atom. The fourth-order valence-electron chi connectivity index (χ4n) is 2.09. The molecule has 0 aromatic heterocycles. The second-order valence-corrected chi connectivity index (χ2v) is 4.35. The van der Waals surface area contributed by atoms with Gasteiger partial charge in [-0.2, -0.15) is 13.2 Å². The molecule has 2 aromatic carbocycles. The van der Waals surface area contributed by atoms with Gasteiger partial charge in [-0.15, -0.1) is 0 Å². The molecule has 0 heterocycles. The van der Waals surface area contributed by atoms with Crippen molar-refractivity contribution in [2.24, 2.45) is 5.84 Å². The van der Waals surface area contributed by atoms with Gasteiger partial charge >= 0.3 is 6.18 Å². The molecule has 0 fully saturated rings. The van der Waals surface area contributed by atoms with E-state index >= 15 is 0 Å². The number of benzene rings is 2. The smallest absolute Gasteiger partial charge is 0.271 e. The quantitative estimate of drug-likeness (QED) is 0.517. The van der Waals surface area contributed by atoms with E-state index in [9.17, 15) is 22.0 Å². The Bertz CT molecular complexity index is 640. The SMILES string of the molecule is NNC(c1cc(F)ccc1F)c1ccccc1C(F)(F)F. The average Bonchev–Trinajstić information content (AvgIpc) is 2.43. The van der Waals surface area contributed by atoms with Gasteiger partial charge in [0, 0.05) is 5.56 Å². The van der Waals surface area contributed by atoms with E-state index in [4.69, 9.17) is 5.84 Å². The third-order valence-corrected chi connectivity index (χ3v) is 3.01. The van der Waals surface area contributed by atoms with Crippen LogP contribution in [0.4, 0.5) is 22.0 Å². The summed E-state index contributed by atoms with van der Waals surface area (Å²) in [6.45, 7) is 0. The molecule has 0 spiro atoms.